The van der Waals surface area contributed by atoms with Gasteiger partial charge in [0.1, 0.15) is 5.54 Å². The molecule has 0 bridgehead atoms. The first-order chi connectivity index (χ1) is 7.03. The summed E-state index contributed by atoms with van der Waals surface area (Å²) in [5, 5.41) is 15.2. The molecule has 15 heavy (non-hydrogen) atoms. The molecule has 0 aliphatic rings. The van der Waals surface area contributed by atoms with Crippen LogP contribution in [-0.4, -0.2) is 10.7 Å². The fourth-order valence-electron chi connectivity index (χ4n) is 0.996. The third-order valence-corrected chi connectivity index (χ3v) is 1.94. The van der Waals surface area contributed by atoms with E-state index in [-0.39, 0.29) is 0 Å². The standard InChI is InChI=1S/C11H13N3S/c1-11(2,8-12)14-10(15)13-9-6-4-3-5-7-9/h3-7H,1-2H3,(H2,13,14,15). The minimum Gasteiger partial charge on any atom is -0.345 e. The Kier molecular flexibility index (Phi) is 3.64. The van der Waals surface area contributed by atoms with Crippen molar-refractivity contribution in [1.29, 1.82) is 5.26 Å². The molecule has 0 amide bonds. The van der Waals surface area contributed by atoms with E-state index in [1.165, 1.54) is 0 Å². The van der Waals surface area contributed by atoms with Gasteiger partial charge in [-0.2, -0.15) is 5.26 Å². The Labute approximate surface area is 95.1 Å². The Balaban J connectivity index is 2.55. The number of thiocarbonyl (C=S) groups is 1. The van der Waals surface area contributed by atoms with Crippen LogP contribution in [0, 0.1) is 11.3 Å². The molecule has 0 aliphatic carbocycles. The average molecular weight is 219 g/mol. The SMILES string of the molecule is CC(C)(C#N)NC(=S)Nc1ccccc1. The fraction of sp³-hybridized carbons (Fsp3) is 0.273. The Morgan fingerprint density at radius 1 is 1.33 bits per heavy atom. The van der Waals surface area contributed by atoms with Crippen LogP contribution in [-0.2, 0) is 0 Å². The van der Waals surface area contributed by atoms with Crippen LogP contribution in [0.2, 0.25) is 0 Å². The largest absolute Gasteiger partial charge is 0.345 e. The van der Waals surface area contributed by atoms with Crippen LogP contribution >= 0.6 is 12.2 Å². The number of nitrogens with zero attached hydrogens (tertiary/aromatic N) is 1. The molecule has 1 aromatic carbocycles. The minimum absolute atomic E-state index is 0.452. The first kappa shape index (κ1) is 11.5. The summed E-state index contributed by atoms with van der Waals surface area (Å²) in [5.74, 6) is 0. The summed E-state index contributed by atoms with van der Waals surface area (Å²) in [7, 11) is 0. The molecule has 0 unspecified atom stereocenters. The molecule has 0 fully saturated rings. The number of rotatable bonds is 2. The molecular weight excluding hydrogens is 206 g/mol. The van der Waals surface area contributed by atoms with Gasteiger partial charge in [-0.3, -0.25) is 0 Å². The van der Waals surface area contributed by atoms with E-state index in [9.17, 15) is 0 Å². The molecule has 0 radical (unpaired) electrons. The molecule has 0 saturated heterocycles. The van der Waals surface area contributed by atoms with Gasteiger partial charge < -0.3 is 10.6 Å². The van der Waals surface area contributed by atoms with E-state index in [0.29, 0.717) is 5.11 Å². The molecule has 0 spiro atoms. The molecule has 3 nitrogen and oxygen atoms in total. The van der Waals surface area contributed by atoms with Crippen molar-refractivity contribution in [1.82, 2.24) is 5.32 Å². The lowest BCUT2D eigenvalue weighted by Gasteiger charge is -2.20. The first-order valence-corrected chi connectivity index (χ1v) is 5.00. The molecule has 4 heteroatoms. The van der Waals surface area contributed by atoms with Crippen LogP contribution in [0.4, 0.5) is 5.69 Å². The zero-order chi connectivity index (χ0) is 11.3. The van der Waals surface area contributed by atoms with Gasteiger partial charge in [0.25, 0.3) is 0 Å². The highest BCUT2D eigenvalue weighted by molar-refractivity contribution is 7.80. The van der Waals surface area contributed by atoms with Crippen LogP contribution in [0.1, 0.15) is 13.8 Å². The van der Waals surface area contributed by atoms with Gasteiger partial charge in [-0.05, 0) is 38.2 Å². The second kappa shape index (κ2) is 4.76. The molecule has 2 N–H and O–H groups in total. The monoisotopic (exact) mass is 219 g/mol. The van der Waals surface area contributed by atoms with Crippen molar-refractivity contribution < 1.29 is 0 Å². The van der Waals surface area contributed by atoms with Crippen molar-refractivity contribution >= 4 is 23.0 Å². The van der Waals surface area contributed by atoms with Crippen molar-refractivity contribution in [2.45, 2.75) is 19.4 Å². The lowest BCUT2D eigenvalue weighted by molar-refractivity contribution is 0.595. The summed E-state index contributed by atoms with van der Waals surface area (Å²) in [6, 6.07) is 11.7. The van der Waals surface area contributed by atoms with E-state index in [4.69, 9.17) is 17.5 Å². The van der Waals surface area contributed by atoms with Crippen molar-refractivity contribution in [3.05, 3.63) is 30.3 Å². The number of nitriles is 1. The van der Waals surface area contributed by atoms with Crippen LogP contribution in [0.3, 0.4) is 0 Å². The highest BCUT2D eigenvalue weighted by Gasteiger charge is 2.16. The molecule has 0 atom stereocenters. The van der Waals surface area contributed by atoms with Gasteiger partial charge in [0.05, 0.1) is 6.07 Å². The Morgan fingerprint density at radius 2 is 1.93 bits per heavy atom. The second-order valence-corrected chi connectivity index (χ2v) is 4.09. The lowest BCUT2D eigenvalue weighted by Crippen LogP contribution is -2.44. The maximum Gasteiger partial charge on any atom is 0.172 e. The van der Waals surface area contributed by atoms with Gasteiger partial charge >= 0.3 is 0 Å². The molecular formula is C11H13N3S. The minimum atomic E-state index is -0.654. The highest BCUT2D eigenvalue weighted by Crippen LogP contribution is 2.06. The van der Waals surface area contributed by atoms with Gasteiger partial charge in [-0.1, -0.05) is 18.2 Å². The van der Waals surface area contributed by atoms with Crippen molar-refractivity contribution in [2.24, 2.45) is 0 Å². The van der Waals surface area contributed by atoms with Crippen LogP contribution in [0.15, 0.2) is 30.3 Å². The predicted molar refractivity (Wildman–Crippen MR) is 65.5 cm³/mol. The molecule has 1 rings (SSSR count). The molecule has 0 aliphatic heterocycles. The number of benzene rings is 1. The third kappa shape index (κ3) is 3.96. The zero-order valence-corrected chi connectivity index (χ0v) is 9.56. The summed E-state index contributed by atoms with van der Waals surface area (Å²) in [5.41, 5.74) is 0.252. The first-order valence-electron chi connectivity index (χ1n) is 4.59. The summed E-state index contributed by atoms with van der Waals surface area (Å²) in [4.78, 5) is 0. The van der Waals surface area contributed by atoms with E-state index in [0.717, 1.165) is 5.69 Å². The van der Waals surface area contributed by atoms with Gasteiger partial charge in [0.2, 0.25) is 0 Å². The maximum absolute atomic E-state index is 8.81. The van der Waals surface area contributed by atoms with Gasteiger partial charge in [0.15, 0.2) is 5.11 Å². The predicted octanol–water partition coefficient (Wildman–Crippen LogP) is 2.28. The van der Waals surface area contributed by atoms with Gasteiger partial charge in [-0.15, -0.1) is 0 Å². The third-order valence-electron chi connectivity index (χ3n) is 1.74. The zero-order valence-electron chi connectivity index (χ0n) is 8.74. The topological polar surface area (TPSA) is 47.9 Å². The molecule has 0 saturated carbocycles. The fourth-order valence-corrected chi connectivity index (χ4v) is 1.37. The molecule has 0 aromatic heterocycles. The Hall–Kier alpha value is -1.60. The second-order valence-electron chi connectivity index (χ2n) is 3.68. The highest BCUT2D eigenvalue weighted by atomic mass is 32.1. The van der Waals surface area contributed by atoms with E-state index >= 15 is 0 Å². The summed E-state index contributed by atoms with van der Waals surface area (Å²) in [6.45, 7) is 3.54. The van der Waals surface area contributed by atoms with E-state index < -0.39 is 5.54 Å². The average Bonchev–Trinajstić information content (AvgIpc) is 2.18. The number of hydrogen-bond acceptors (Lipinski definition) is 2. The smallest absolute Gasteiger partial charge is 0.172 e. The van der Waals surface area contributed by atoms with Gasteiger partial charge in [-0.25, -0.2) is 0 Å². The summed E-state index contributed by atoms with van der Waals surface area (Å²) >= 11 is 5.08. The van der Waals surface area contributed by atoms with Crippen molar-refractivity contribution in [3.8, 4) is 6.07 Å². The Bertz CT molecular complexity index is 379. The van der Waals surface area contributed by atoms with Crippen LogP contribution in [0.5, 0.6) is 0 Å². The van der Waals surface area contributed by atoms with Crippen LogP contribution < -0.4 is 10.6 Å². The van der Waals surface area contributed by atoms with Crippen molar-refractivity contribution in [3.63, 3.8) is 0 Å². The molecule has 0 heterocycles. The van der Waals surface area contributed by atoms with E-state index in [1.54, 1.807) is 13.8 Å². The van der Waals surface area contributed by atoms with Crippen molar-refractivity contribution in [2.75, 3.05) is 5.32 Å². The summed E-state index contributed by atoms with van der Waals surface area (Å²) < 4.78 is 0. The van der Waals surface area contributed by atoms with Gasteiger partial charge in [0, 0.05) is 5.69 Å². The number of para-hydroxylation sites is 1. The molecule has 1 aromatic rings. The lowest BCUT2D eigenvalue weighted by atomic mass is 10.1. The molecule has 78 valence electrons. The van der Waals surface area contributed by atoms with Crippen LogP contribution in [0.25, 0.3) is 0 Å². The van der Waals surface area contributed by atoms with E-state index in [2.05, 4.69) is 16.7 Å². The summed E-state index contributed by atoms with van der Waals surface area (Å²) in [6.07, 6.45) is 0. The maximum atomic E-state index is 8.81. The normalized spacial score (nSPS) is 10.2. The van der Waals surface area contributed by atoms with E-state index in [1.807, 2.05) is 30.3 Å². The number of nitrogens with one attached hydrogen (secondary N) is 2. The Morgan fingerprint density at radius 3 is 2.47 bits per heavy atom. The number of anilines is 1. The quantitative estimate of drug-likeness (QED) is 0.749. The number of hydrogen-bond donors (Lipinski definition) is 2.